The lowest BCUT2D eigenvalue weighted by atomic mass is 9.95. The molecule has 0 radical (unpaired) electrons. The Hall–Kier alpha value is -2.20. The first-order valence-corrected chi connectivity index (χ1v) is 15.8. The average molecular weight is 619 g/mol. The van der Waals surface area contributed by atoms with Crippen LogP contribution in [0.5, 0.6) is 5.75 Å². The van der Waals surface area contributed by atoms with Gasteiger partial charge in [-0.2, -0.15) is 0 Å². The number of halogens is 3. The molecule has 0 bridgehead atoms. The molecule has 0 unspecified atom stereocenters. The predicted octanol–water partition coefficient (Wildman–Crippen LogP) is 5.68. The Labute approximate surface area is 245 Å². The van der Waals surface area contributed by atoms with E-state index in [4.69, 9.17) is 39.5 Å². The Morgan fingerprint density at radius 2 is 1.72 bits per heavy atom. The highest BCUT2D eigenvalue weighted by Crippen LogP contribution is 2.31. The van der Waals surface area contributed by atoms with Crippen LogP contribution < -0.4 is 14.4 Å². The van der Waals surface area contributed by atoms with Crippen molar-refractivity contribution in [1.29, 1.82) is 0 Å². The van der Waals surface area contributed by atoms with Gasteiger partial charge in [0, 0.05) is 12.6 Å². The zero-order chi connectivity index (χ0) is 28.7. The Morgan fingerprint density at radius 1 is 1.03 bits per heavy atom. The van der Waals surface area contributed by atoms with Gasteiger partial charge in [-0.15, -0.1) is 0 Å². The molecule has 2 aromatic rings. The molecule has 0 aliphatic heterocycles. The standard InChI is InChI=1S/C27H34Cl3N3O5S/c1-4-24(27(35)31-19-8-6-5-7-9-19)32(16-18-10-12-21(28)22(29)14-18)26(34)17-33(39(3,36)37)20-11-13-25(38-2)23(30)15-20/h10-15,19,24H,4-9,16-17H2,1-3H3,(H,31,35)/t24-/m0/s1. The van der Waals surface area contributed by atoms with Gasteiger partial charge in [-0.25, -0.2) is 8.42 Å². The van der Waals surface area contributed by atoms with Gasteiger partial charge in [-0.3, -0.25) is 13.9 Å². The molecule has 8 nitrogen and oxygen atoms in total. The minimum absolute atomic E-state index is 0.0350. The topological polar surface area (TPSA) is 96.0 Å². The fourth-order valence-corrected chi connectivity index (χ4v) is 6.14. The van der Waals surface area contributed by atoms with Crippen LogP contribution >= 0.6 is 34.8 Å². The van der Waals surface area contributed by atoms with Gasteiger partial charge in [0.1, 0.15) is 18.3 Å². The van der Waals surface area contributed by atoms with Gasteiger partial charge in [-0.05, 0) is 55.2 Å². The molecule has 39 heavy (non-hydrogen) atoms. The first kappa shape index (κ1) is 31.3. The summed E-state index contributed by atoms with van der Waals surface area (Å²) < 4.78 is 31.7. The maximum absolute atomic E-state index is 13.9. The van der Waals surface area contributed by atoms with Crippen LogP contribution in [0.1, 0.15) is 51.0 Å². The number of hydrogen-bond acceptors (Lipinski definition) is 5. The molecule has 1 saturated carbocycles. The highest BCUT2D eigenvalue weighted by Gasteiger charge is 2.33. The zero-order valence-corrected chi connectivity index (χ0v) is 25.3. The third kappa shape index (κ3) is 8.39. The lowest BCUT2D eigenvalue weighted by Crippen LogP contribution is -2.53. The van der Waals surface area contributed by atoms with E-state index in [1.54, 1.807) is 18.2 Å². The van der Waals surface area contributed by atoms with Gasteiger partial charge in [0.25, 0.3) is 0 Å². The van der Waals surface area contributed by atoms with Crippen LogP contribution in [-0.4, -0.2) is 57.1 Å². The van der Waals surface area contributed by atoms with Crippen LogP contribution in [0.4, 0.5) is 5.69 Å². The number of nitrogens with zero attached hydrogens (tertiary/aromatic N) is 2. The minimum atomic E-state index is -3.90. The van der Waals surface area contributed by atoms with E-state index in [2.05, 4.69) is 5.32 Å². The number of anilines is 1. The predicted molar refractivity (Wildman–Crippen MR) is 156 cm³/mol. The van der Waals surface area contributed by atoms with Crippen molar-refractivity contribution >= 4 is 62.3 Å². The van der Waals surface area contributed by atoms with Crippen molar-refractivity contribution < 1.29 is 22.7 Å². The molecule has 0 heterocycles. The lowest BCUT2D eigenvalue weighted by molar-refractivity contribution is -0.140. The van der Waals surface area contributed by atoms with E-state index in [9.17, 15) is 18.0 Å². The van der Waals surface area contributed by atoms with E-state index in [1.165, 1.54) is 30.2 Å². The summed E-state index contributed by atoms with van der Waals surface area (Å²) in [6.45, 7) is 1.32. The van der Waals surface area contributed by atoms with Crippen LogP contribution in [0.2, 0.25) is 15.1 Å². The highest BCUT2D eigenvalue weighted by atomic mass is 35.5. The van der Waals surface area contributed by atoms with Crippen molar-refractivity contribution in [2.75, 3.05) is 24.2 Å². The summed E-state index contributed by atoms with van der Waals surface area (Å²) in [5.74, 6) is -0.452. The van der Waals surface area contributed by atoms with Crippen LogP contribution in [-0.2, 0) is 26.2 Å². The molecule has 0 saturated heterocycles. The van der Waals surface area contributed by atoms with Crippen molar-refractivity contribution in [3.8, 4) is 5.75 Å². The van der Waals surface area contributed by atoms with E-state index in [0.717, 1.165) is 42.7 Å². The van der Waals surface area contributed by atoms with Crippen molar-refractivity contribution in [3.05, 3.63) is 57.0 Å². The molecule has 2 amide bonds. The number of benzene rings is 2. The molecule has 1 N–H and O–H groups in total. The number of rotatable bonds is 11. The third-order valence-corrected chi connectivity index (χ3v) is 8.95. The first-order valence-electron chi connectivity index (χ1n) is 12.8. The Kier molecular flexibility index (Phi) is 11.2. The zero-order valence-electron chi connectivity index (χ0n) is 22.3. The number of carbonyl (C=O) groups is 2. The molecule has 214 valence electrons. The van der Waals surface area contributed by atoms with E-state index in [0.29, 0.717) is 27.8 Å². The smallest absolute Gasteiger partial charge is 0.244 e. The van der Waals surface area contributed by atoms with Crippen LogP contribution in [0.15, 0.2) is 36.4 Å². The number of hydrogen-bond donors (Lipinski definition) is 1. The molecule has 0 aromatic heterocycles. The highest BCUT2D eigenvalue weighted by molar-refractivity contribution is 7.92. The van der Waals surface area contributed by atoms with Crippen LogP contribution in [0, 0.1) is 0 Å². The van der Waals surface area contributed by atoms with Crippen LogP contribution in [0.3, 0.4) is 0 Å². The maximum Gasteiger partial charge on any atom is 0.244 e. The third-order valence-electron chi connectivity index (χ3n) is 6.78. The Morgan fingerprint density at radius 3 is 2.28 bits per heavy atom. The minimum Gasteiger partial charge on any atom is -0.495 e. The number of nitrogens with one attached hydrogen (secondary N) is 1. The average Bonchev–Trinajstić information content (AvgIpc) is 2.89. The molecule has 1 atom stereocenters. The molecule has 1 fully saturated rings. The number of ether oxygens (including phenoxy) is 1. The molecular weight excluding hydrogens is 585 g/mol. The summed E-state index contributed by atoms with van der Waals surface area (Å²) in [7, 11) is -2.45. The van der Waals surface area contributed by atoms with Crippen molar-refractivity contribution in [2.45, 2.75) is 64.1 Å². The summed E-state index contributed by atoms with van der Waals surface area (Å²) >= 11 is 18.5. The second kappa shape index (κ2) is 13.9. The number of sulfonamides is 1. The first-order chi connectivity index (χ1) is 18.4. The van der Waals surface area contributed by atoms with E-state index >= 15 is 0 Å². The molecule has 12 heteroatoms. The summed E-state index contributed by atoms with van der Waals surface area (Å²) in [6, 6.07) is 8.66. The molecular formula is C27H34Cl3N3O5S. The van der Waals surface area contributed by atoms with Crippen LogP contribution in [0.25, 0.3) is 0 Å². The van der Waals surface area contributed by atoms with E-state index < -0.39 is 28.5 Å². The molecule has 1 aliphatic carbocycles. The fourth-order valence-electron chi connectivity index (χ4n) is 4.72. The number of methoxy groups -OCH3 is 1. The largest absolute Gasteiger partial charge is 0.495 e. The van der Waals surface area contributed by atoms with E-state index in [-0.39, 0.29) is 29.2 Å². The SMILES string of the molecule is CC[C@@H](C(=O)NC1CCCCC1)N(Cc1ccc(Cl)c(Cl)c1)C(=O)CN(c1ccc(OC)c(Cl)c1)S(C)(=O)=O. The van der Waals surface area contributed by atoms with Crippen molar-refractivity contribution in [1.82, 2.24) is 10.2 Å². The van der Waals surface area contributed by atoms with Gasteiger partial charge in [0.15, 0.2) is 0 Å². The number of amides is 2. The summed E-state index contributed by atoms with van der Waals surface area (Å²) in [5, 5.41) is 3.97. The van der Waals surface area contributed by atoms with Gasteiger partial charge in [0.05, 0.1) is 34.1 Å². The molecule has 2 aromatic carbocycles. The monoisotopic (exact) mass is 617 g/mol. The summed E-state index contributed by atoms with van der Waals surface area (Å²) in [6.07, 6.45) is 6.35. The molecule has 3 rings (SSSR count). The fraction of sp³-hybridized carbons (Fsp3) is 0.481. The Balaban J connectivity index is 1.95. The van der Waals surface area contributed by atoms with Crippen molar-refractivity contribution in [2.24, 2.45) is 0 Å². The second-order valence-electron chi connectivity index (χ2n) is 9.63. The van der Waals surface area contributed by atoms with Gasteiger partial charge in [-0.1, -0.05) is 67.1 Å². The lowest BCUT2D eigenvalue weighted by Gasteiger charge is -2.34. The summed E-state index contributed by atoms with van der Waals surface area (Å²) in [5.41, 5.74) is 0.853. The quantitative estimate of drug-likeness (QED) is 0.350. The van der Waals surface area contributed by atoms with Crippen molar-refractivity contribution in [3.63, 3.8) is 0 Å². The second-order valence-corrected chi connectivity index (χ2v) is 12.8. The Bertz CT molecular complexity index is 1290. The normalized spacial score (nSPS) is 14.9. The van der Waals surface area contributed by atoms with Gasteiger partial charge in [0.2, 0.25) is 21.8 Å². The summed E-state index contributed by atoms with van der Waals surface area (Å²) in [4.78, 5) is 28.7. The maximum atomic E-state index is 13.9. The van der Waals surface area contributed by atoms with Gasteiger partial charge >= 0.3 is 0 Å². The molecule has 0 spiro atoms. The molecule has 1 aliphatic rings. The van der Waals surface area contributed by atoms with E-state index in [1.807, 2.05) is 6.92 Å². The number of carbonyl (C=O) groups excluding carboxylic acids is 2. The van der Waals surface area contributed by atoms with Gasteiger partial charge < -0.3 is 15.0 Å².